The maximum atomic E-state index is 12.6. The number of nitrogens with zero attached hydrogens (tertiary/aromatic N) is 2. The smallest absolute Gasteiger partial charge is 0.253 e. The molecule has 1 heterocycles. The summed E-state index contributed by atoms with van der Waals surface area (Å²) >= 11 is 6.06. The summed E-state index contributed by atoms with van der Waals surface area (Å²) in [5.74, 6) is 0.444. The van der Waals surface area contributed by atoms with Gasteiger partial charge in [0.25, 0.3) is 5.91 Å². The number of methoxy groups -OCH3 is 1. The Bertz CT molecular complexity index is 678. The molecule has 23 heavy (non-hydrogen) atoms. The van der Waals surface area contributed by atoms with Crippen molar-refractivity contribution in [3.05, 3.63) is 28.8 Å². The van der Waals surface area contributed by atoms with E-state index in [0.29, 0.717) is 48.9 Å². The zero-order valence-corrected chi connectivity index (χ0v) is 14.9. The first-order valence-corrected chi connectivity index (χ1v) is 9.48. The van der Waals surface area contributed by atoms with E-state index in [1.807, 2.05) is 0 Å². The molecule has 1 saturated heterocycles. The van der Waals surface area contributed by atoms with E-state index in [1.165, 1.54) is 11.4 Å². The third-order valence-corrected chi connectivity index (χ3v) is 6.08. The van der Waals surface area contributed by atoms with Crippen molar-refractivity contribution in [2.75, 3.05) is 39.0 Å². The van der Waals surface area contributed by atoms with Crippen molar-refractivity contribution in [3.63, 3.8) is 0 Å². The van der Waals surface area contributed by atoms with Gasteiger partial charge in [-0.3, -0.25) is 4.79 Å². The van der Waals surface area contributed by atoms with E-state index in [1.54, 1.807) is 30.0 Å². The molecule has 6 nitrogen and oxygen atoms in total. The Balaban J connectivity index is 2.10. The molecule has 0 saturated carbocycles. The summed E-state index contributed by atoms with van der Waals surface area (Å²) in [6.07, 6.45) is 0.620. The zero-order chi connectivity index (χ0) is 17.0. The van der Waals surface area contributed by atoms with Gasteiger partial charge in [0.2, 0.25) is 10.0 Å². The summed E-state index contributed by atoms with van der Waals surface area (Å²) in [4.78, 5) is 14.3. The molecule has 0 spiro atoms. The van der Waals surface area contributed by atoms with Gasteiger partial charge in [-0.2, -0.15) is 0 Å². The first-order chi connectivity index (χ1) is 10.9. The number of hydrogen-bond acceptors (Lipinski definition) is 4. The van der Waals surface area contributed by atoms with E-state index in [9.17, 15) is 13.2 Å². The molecule has 0 bridgehead atoms. The summed E-state index contributed by atoms with van der Waals surface area (Å²) in [6, 6.07) is 4.90. The van der Waals surface area contributed by atoms with Crippen molar-refractivity contribution in [1.82, 2.24) is 9.21 Å². The molecule has 8 heteroatoms. The van der Waals surface area contributed by atoms with Crippen LogP contribution in [0.15, 0.2) is 18.2 Å². The van der Waals surface area contributed by atoms with Crippen LogP contribution in [0.25, 0.3) is 0 Å². The van der Waals surface area contributed by atoms with Crippen LogP contribution in [0.5, 0.6) is 5.75 Å². The molecule has 0 aliphatic carbocycles. The highest BCUT2D eigenvalue weighted by molar-refractivity contribution is 7.89. The SMILES string of the molecule is CCS(=O)(=O)N1CCCN(C(=O)c2ccc(OC)c(Cl)c2)CC1. The van der Waals surface area contributed by atoms with Crippen molar-refractivity contribution in [2.45, 2.75) is 13.3 Å². The van der Waals surface area contributed by atoms with Crippen LogP contribution in [0.1, 0.15) is 23.7 Å². The summed E-state index contributed by atoms with van der Waals surface area (Å²) in [7, 11) is -1.70. The molecule has 128 valence electrons. The van der Waals surface area contributed by atoms with Gasteiger partial charge >= 0.3 is 0 Å². The standard InChI is InChI=1S/C15H21ClN2O4S/c1-3-23(20,21)18-8-4-7-17(9-10-18)15(19)12-5-6-14(22-2)13(16)11-12/h5-6,11H,3-4,7-10H2,1-2H3. The highest BCUT2D eigenvalue weighted by Crippen LogP contribution is 2.25. The first-order valence-electron chi connectivity index (χ1n) is 7.49. The molecule has 1 aromatic rings. The molecule has 2 rings (SSSR count). The summed E-state index contributed by atoms with van der Waals surface area (Å²) in [5, 5.41) is 0.378. The summed E-state index contributed by atoms with van der Waals surface area (Å²) in [5.41, 5.74) is 0.475. The first kappa shape index (κ1) is 18.0. The Kier molecular flexibility index (Phi) is 5.89. The number of carbonyl (C=O) groups excluding carboxylic acids is 1. The number of rotatable bonds is 4. The van der Waals surface area contributed by atoms with Gasteiger partial charge in [0.15, 0.2) is 0 Å². The van der Waals surface area contributed by atoms with Crippen molar-refractivity contribution in [2.24, 2.45) is 0 Å². The maximum Gasteiger partial charge on any atom is 0.253 e. The summed E-state index contributed by atoms with van der Waals surface area (Å²) < 4.78 is 30.5. The predicted molar refractivity (Wildman–Crippen MR) is 89.6 cm³/mol. The van der Waals surface area contributed by atoms with Crippen LogP contribution >= 0.6 is 11.6 Å². The second-order valence-electron chi connectivity index (χ2n) is 5.29. The molecule has 1 aromatic carbocycles. The number of carbonyl (C=O) groups is 1. The van der Waals surface area contributed by atoms with E-state index in [0.717, 1.165) is 0 Å². The Labute approximate surface area is 142 Å². The molecule has 1 aliphatic rings. The van der Waals surface area contributed by atoms with E-state index >= 15 is 0 Å². The summed E-state index contributed by atoms with van der Waals surface area (Å²) in [6.45, 7) is 3.30. The Hall–Kier alpha value is -1.31. The van der Waals surface area contributed by atoms with Gasteiger partial charge in [-0.05, 0) is 31.5 Å². The minimum absolute atomic E-state index is 0.0784. The Morgan fingerprint density at radius 2 is 2.00 bits per heavy atom. The minimum Gasteiger partial charge on any atom is -0.495 e. The number of benzene rings is 1. The van der Waals surface area contributed by atoms with E-state index in [2.05, 4.69) is 0 Å². The van der Waals surface area contributed by atoms with Crippen LogP contribution in [0.2, 0.25) is 5.02 Å². The fraction of sp³-hybridized carbons (Fsp3) is 0.533. The molecule has 0 radical (unpaired) electrons. The second-order valence-corrected chi connectivity index (χ2v) is 7.96. The van der Waals surface area contributed by atoms with E-state index in [4.69, 9.17) is 16.3 Å². The van der Waals surface area contributed by atoms with E-state index in [-0.39, 0.29) is 11.7 Å². The van der Waals surface area contributed by atoms with Gasteiger partial charge in [0, 0.05) is 31.7 Å². The van der Waals surface area contributed by atoms with E-state index < -0.39 is 10.0 Å². The van der Waals surface area contributed by atoms with Crippen molar-refractivity contribution in [3.8, 4) is 5.75 Å². The molecule has 1 amide bonds. The van der Waals surface area contributed by atoms with Gasteiger partial charge in [0.05, 0.1) is 17.9 Å². The lowest BCUT2D eigenvalue weighted by Gasteiger charge is -2.22. The Morgan fingerprint density at radius 1 is 1.26 bits per heavy atom. The monoisotopic (exact) mass is 360 g/mol. The highest BCUT2D eigenvalue weighted by atomic mass is 35.5. The average Bonchev–Trinajstić information content (AvgIpc) is 2.80. The predicted octanol–water partition coefficient (Wildman–Crippen LogP) is 1.85. The van der Waals surface area contributed by atoms with Crippen molar-refractivity contribution in [1.29, 1.82) is 0 Å². The van der Waals surface area contributed by atoms with Crippen LogP contribution in [0.4, 0.5) is 0 Å². The normalized spacial score (nSPS) is 16.9. The zero-order valence-electron chi connectivity index (χ0n) is 13.3. The fourth-order valence-corrected chi connectivity index (χ4v) is 3.93. The van der Waals surface area contributed by atoms with Crippen LogP contribution in [0.3, 0.4) is 0 Å². The molecule has 1 fully saturated rings. The van der Waals surface area contributed by atoms with Crippen LogP contribution in [-0.2, 0) is 10.0 Å². The largest absolute Gasteiger partial charge is 0.495 e. The lowest BCUT2D eigenvalue weighted by molar-refractivity contribution is 0.0764. The van der Waals surface area contributed by atoms with Gasteiger partial charge in [0.1, 0.15) is 5.75 Å². The van der Waals surface area contributed by atoms with Crippen LogP contribution in [0, 0.1) is 0 Å². The second kappa shape index (κ2) is 7.51. The minimum atomic E-state index is -3.22. The number of ether oxygens (including phenoxy) is 1. The van der Waals surface area contributed by atoms with Crippen molar-refractivity contribution >= 4 is 27.5 Å². The lowest BCUT2D eigenvalue weighted by Crippen LogP contribution is -2.37. The molecular weight excluding hydrogens is 340 g/mol. The molecule has 0 atom stereocenters. The number of amides is 1. The number of sulfonamides is 1. The number of hydrogen-bond donors (Lipinski definition) is 0. The van der Waals surface area contributed by atoms with Gasteiger partial charge in [-0.25, -0.2) is 12.7 Å². The lowest BCUT2D eigenvalue weighted by atomic mass is 10.2. The van der Waals surface area contributed by atoms with Gasteiger partial charge < -0.3 is 9.64 Å². The van der Waals surface area contributed by atoms with Crippen LogP contribution in [-0.4, -0.2) is 62.6 Å². The average molecular weight is 361 g/mol. The molecular formula is C15H21ClN2O4S. The Morgan fingerprint density at radius 3 is 2.61 bits per heavy atom. The number of halogens is 1. The highest BCUT2D eigenvalue weighted by Gasteiger charge is 2.26. The fourth-order valence-electron chi connectivity index (χ4n) is 2.54. The third kappa shape index (κ3) is 4.16. The van der Waals surface area contributed by atoms with Crippen molar-refractivity contribution < 1.29 is 17.9 Å². The topological polar surface area (TPSA) is 66.9 Å². The van der Waals surface area contributed by atoms with Gasteiger partial charge in [-0.1, -0.05) is 11.6 Å². The van der Waals surface area contributed by atoms with Gasteiger partial charge in [-0.15, -0.1) is 0 Å². The third-order valence-electron chi connectivity index (χ3n) is 3.90. The molecule has 0 unspecified atom stereocenters. The maximum absolute atomic E-state index is 12.6. The quantitative estimate of drug-likeness (QED) is 0.821. The molecule has 0 N–H and O–H groups in total. The molecule has 1 aliphatic heterocycles. The molecule has 0 aromatic heterocycles. The van der Waals surface area contributed by atoms with Crippen LogP contribution < -0.4 is 4.74 Å².